The number of alkyl halides is 3. The van der Waals surface area contributed by atoms with E-state index in [4.69, 9.17) is 22.3 Å². The first-order chi connectivity index (χ1) is 13.9. The first-order valence-electron chi connectivity index (χ1n) is 9.33. The zero-order chi connectivity index (χ0) is 20.6. The predicted molar refractivity (Wildman–Crippen MR) is 125 cm³/mol. The molecule has 1 fully saturated rings. The van der Waals surface area contributed by atoms with Crippen LogP contribution in [-0.4, -0.2) is 31.2 Å². The lowest BCUT2D eigenvalue weighted by Gasteiger charge is -2.29. The van der Waals surface area contributed by atoms with Crippen molar-refractivity contribution in [1.29, 1.82) is 0 Å². The van der Waals surface area contributed by atoms with Crippen LogP contribution in [0.25, 0.3) is 22.0 Å². The van der Waals surface area contributed by atoms with Gasteiger partial charge in [0.2, 0.25) is 0 Å². The van der Waals surface area contributed by atoms with Crippen LogP contribution in [0.2, 0.25) is 5.02 Å². The summed E-state index contributed by atoms with van der Waals surface area (Å²) in [5.74, 6) is 0.758. The summed E-state index contributed by atoms with van der Waals surface area (Å²) in [4.78, 5) is 6.86. The number of rotatable bonds is 3. The summed E-state index contributed by atoms with van der Waals surface area (Å²) in [5, 5.41) is 4.69. The van der Waals surface area contributed by atoms with Gasteiger partial charge in [0.1, 0.15) is 5.82 Å². The molecule has 0 amide bonds. The summed E-state index contributed by atoms with van der Waals surface area (Å²) in [6.45, 7) is 3.25. The Morgan fingerprint density at radius 2 is 1.65 bits per heavy atom. The van der Waals surface area contributed by atoms with Crippen LogP contribution < -0.4 is 16.0 Å². The molecule has 1 saturated heterocycles. The largest absolute Gasteiger partial charge is 0.416 e. The number of fused-ring (bicyclic) bond motifs is 1. The molecule has 0 atom stereocenters. The second-order valence-electron chi connectivity index (χ2n) is 7.01. The number of halogens is 6. The van der Waals surface area contributed by atoms with Gasteiger partial charge in [0, 0.05) is 38.1 Å². The van der Waals surface area contributed by atoms with Crippen molar-refractivity contribution < 1.29 is 13.2 Å². The van der Waals surface area contributed by atoms with Crippen molar-refractivity contribution in [2.75, 3.05) is 31.1 Å². The zero-order valence-electron chi connectivity index (χ0n) is 16.4. The van der Waals surface area contributed by atoms with Gasteiger partial charge in [-0.15, -0.1) is 24.8 Å². The minimum Gasteiger partial charge on any atom is -0.353 e. The second kappa shape index (κ2) is 10.2. The Morgan fingerprint density at radius 3 is 2.29 bits per heavy atom. The third kappa shape index (κ3) is 5.35. The van der Waals surface area contributed by atoms with Crippen molar-refractivity contribution in [2.45, 2.75) is 12.7 Å². The van der Waals surface area contributed by atoms with E-state index in [0.717, 1.165) is 54.5 Å². The lowest BCUT2D eigenvalue weighted by molar-refractivity contribution is -0.138. The maximum absolute atomic E-state index is 13.1. The molecule has 0 bridgehead atoms. The molecule has 0 aliphatic carbocycles. The lowest BCUT2D eigenvalue weighted by atomic mass is 9.97. The third-order valence-electron chi connectivity index (χ3n) is 5.13. The highest BCUT2D eigenvalue weighted by atomic mass is 35.5. The Labute approximate surface area is 195 Å². The van der Waals surface area contributed by atoms with Crippen molar-refractivity contribution in [3.8, 4) is 11.1 Å². The van der Waals surface area contributed by atoms with Gasteiger partial charge in [-0.05, 0) is 47.0 Å². The van der Waals surface area contributed by atoms with Crippen LogP contribution in [0, 0.1) is 0 Å². The number of nitrogens with two attached hydrogens (primary N) is 1. The molecule has 31 heavy (non-hydrogen) atoms. The summed E-state index contributed by atoms with van der Waals surface area (Å²) < 4.78 is 39.4. The molecular weight excluding hydrogens is 472 g/mol. The molecule has 10 heteroatoms. The van der Waals surface area contributed by atoms with Crippen LogP contribution >= 0.6 is 36.4 Å². The molecule has 1 aliphatic rings. The minimum absolute atomic E-state index is 0. The van der Waals surface area contributed by atoms with E-state index in [-0.39, 0.29) is 36.9 Å². The molecule has 3 N–H and O–H groups in total. The zero-order valence-corrected chi connectivity index (χ0v) is 18.8. The minimum atomic E-state index is -4.42. The standard InChI is InChI=1S/C21H20ClF3N4.2ClH/c22-18-11-15-9-14(13-1-3-17(21(23,24)25)16(10-13)12-26)2-4-19(15)28-20(18)29-7-5-27-6-8-29;;/h1-4,9-11,27H,5-8,12,26H2;2*1H. The lowest BCUT2D eigenvalue weighted by Crippen LogP contribution is -2.44. The molecule has 1 aromatic heterocycles. The maximum atomic E-state index is 13.1. The van der Waals surface area contributed by atoms with Crippen LogP contribution in [0.1, 0.15) is 11.1 Å². The number of piperazine rings is 1. The van der Waals surface area contributed by atoms with Gasteiger partial charge in [-0.25, -0.2) is 4.98 Å². The average molecular weight is 494 g/mol. The molecule has 168 valence electrons. The van der Waals surface area contributed by atoms with Gasteiger partial charge in [-0.3, -0.25) is 0 Å². The van der Waals surface area contributed by atoms with Gasteiger partial charge in [0.15, 0.2) is 0 Å². The normalized spacial score (nSPS) is 14.2. The van der Waals surface area contributed by atoms with Gasteiger partial charge >= 0.3 is 6.18 Å². The third-order valence-corrected chi connectivity index (χ3v) is 5.41. The molecular formula is C21H22Cl3F3N4. The van der Waals surface area contributed by atoms with E-state index >= 15 is 0 Å². The van der Waals surface area contributed by atoms with E-state index in [1.165, 1.54) is 12.1 Å². The van der Waals surface area contributed by atoms with E-state index in [0.29, 0.717) is 10.6 Å². The topological polar surface area (TPSA) is 54.2 Å². The second-order valence-corrected chi connectivity index (χ2v) is 7.42. The van der Waals surface area contributed by atoms with E-state index in [2.05, 4.69) is 10.2 Å². The van der Waals surface area contributed by atoms with Crippen LogP contribution in [0.4, 0.5) is 19.0 Å². The SMILES string of the molecule is Cl.Cl.NCc1cc(-c2ccc3nc(N4CCNCC4)c(Cl)cc3c2)ccc1C(F)(F)F. The molecule has 0 unspecified atom stereocenters. The highest BCUT2D eigenvalue weighted by Gasteiger charge is 2.32. The number of benzene rings is 2. The van der Waals surface area contributed by atoms with Crippen LogP contribution in [0.5, 0.6) is 0 Å². The maximum Gasteiger partial charge on any atom is 0.416 e. The Morgan fingerprint density at radius 1 is 1.00 bits per heavy atom. The highest BCUT2D eigenvalue weighted by Crippen LogP contribution is 2.35. The highest BCUT2D eigenvalue weighted by molar-refractivity contribution is 6.33. The molecule has 0 saturated carbocycles. The summed E-state index contributed by atoms with van der Waals surface area (Å²) in [7, 11) is 0. The fourth-order valence-corrected chi connectivity index (χ4v) is 3.92. The van der Waals surface area contributed by atoms with E-state index < -0.39 is 11.7 Å². The first-order valence-corrected chi connectivity index (χ1v) is 9.71. The van der Waals surface area contributed by atoms with Crippen LogP contribution in [-0.2, 0) is 12.7 Å². The number of aromatic nitrogens is 1. The quantitative estimate of drug-likeness (QED) is 0.521. The monoisotopic (exact) mass is 492 g/mol. The van der Waals surface area contributed by atoms with E-state index in [9.17, 15) is 13.2 Å². The summed E-state index contributed by atoms with van der Waals surface area (Å²) in [6.07, 6.45) is -4.42. The summed E-state index contributed by atoms with van der Waals surface area (Å²) in [5.41, 5.74) is 7.17. The smallest absolute Gasteiger partial charge is 0.353 e. The Balaban J connectivity index is 0.00000171. The molecule has 2 heterocycles. The fraction of sp³-hybridized carbons (Fsp3) is 0.286. The molecule has 2 aromatic carbocycles. The van der Waals surface area contributed by atoms with Crippen molar-refractivity contribution in [3.63, 3.8) is 0 Å². The fourth-order valence-electron chi connectivity index (χ4n) is 3.64. The van der Waals surface area contributed by atoms with Crippen LogP contribution in [0.15, 0.2) is 42.5 Å². The van der Waals surface area contributed by atoms with Gasteiger partial charge in [0.25, 0.3) is 0 Å². The number of hydrogen-bond acceptors (Lipinski definition) is 4. The molecule has 4 nitrogen and oxygen atoms in total. The molecule has 0 spiro atoms. The number of hydrogen-bond donors (Lipinski definition) is 2. The summed E-state index contributed by atoms with van der Waals surface area (Å²) >= 11 is 6.49. The number of anilines is 1. The van der Waals surface area contributed by atoms with E-state index in [1.807, 2.05) is 24.3 Å². The van der Waals surface area contributed by atoms with Gasteiger partial charge in [-0.1, -0.05) is 23.7 Å². The van der Waals surface area contributed by atoms with Crippen molar-refractivity contribution in [2.24, 2.45) is 5.73 Å². The molecule has 0 radical (unpaired) electrons. The predicted octanol–water partition coefficient (Wildman–Crippen LogP) is 5.29. The number of nitrogens with one attached hydrogen (secondary N) is 1. The Kier molecular flexibility index (Phi) is 8.41. The number of nitrogens with zero attached hydrogens (tertiary/aromatic N) is 2. The summed E-state index contributed by atoms with van der Waals surface area (Å²) in [6, 6.07) is 11.5. The number of pyridine rings is 1. The van der Waals surface area contributed by atoms with Crippen molar-refractivity contribution in [3.05, 3.63) is 58.6 Å². The first kappa shape index (κ1) is 25.5. The Bertz CT molecular complexity index is 1050. The van der Waals surface area contributed by atoms with Gasteiger partial charge in [-0.2, -0.15) is 13.2 Å². The van der Waals surface area contributed by atoms with Gasteiger partial charge < -0.3 is 16.0 Å². The van der Waals surface area contributed by atoms with Crippen molar-refractivity contribution in [1.82, 2.24) is 10.3 Å². The molecule has 4 rings (SSSR count). The van der Waals surface area contributed by atoms with Crippen LogP contribution in [0.3, 0.4) is 0 Å². The average Bonchev–Trinajstić information content (AvgIpc) is 2.72. The van der Waals surface area contributed by atoms with Crippen molar-refractivity contribution >= 4 is 53.1 Å². The van der Waals surface area contributed by atoms with E-state index in [1.54, 1.807) is 0 Å². The molecule has 1 aliphatic heterocycles. The van der Waals surface area contributed by atoms with Gasteiger partial charge in [0.05, 0.1) is 16.1 Å². The Hall–Kier alpha value is -1.77. The molecule has 3 aromatic rings.